The van der Waals surface area contributed by atoms with Crippen LogP contribution in [-0.4, -0.2) is 26.6 Å². The van der Waals surface area contributed by atoms with Crippen molar-refractivity contribution >= 4 is 0 Å². The summed E-state index contributed by atoms with van der Waals surface area (Å²) in [5, 5.41) is 12.4. The van der Waals surface area contributed by atoms with Crippen molar-refractivity contribution in [1.29, 1.82) is 0 Å². The molecule has 3 rings (SSSR count). The molecular weight excluding hydrogens is 250 g/mol. The van der Waals surface area contributed by atoms with Gasteiger partial charge in [-0.25, -0.2) is 0 Å². The van der Waals surface area contributed by atoms with Gasteiger partial charge in [-0.05, 0) is 26.0 Å². The molecule has 0 saturated heterocycles. The van der Waals surface area contributed by atoms with Crippen molar-refractivity contribution in [2.45, 2.75) is 44.2 Å². The van der Waals surface area contributed by atoms with Crippen LogP contribution in [0.5, 0.6) is 0 Å². The van der Waals surface area contributed by atoms with Gasteiger partial charge < -0.3 is 5.32 Å². The fourth-order valence-electron chi connectivity index (χ4n) is 3.07. The zero-order valence-electron chi connectivity index (χ0n) is 12.3. The molecule has 108 valence electrons. The molecule has 5 heteroatoms. The molecule has 1 aliphatic carbocycles. The Morgan fingerprint density at radius 1 is 1.40 bits per heavy atom. The van der Waals surface area contributed by atoms with Crippen molar-refractivity contribution in [3.63, 3.8) is 0 Å². The quantitative estimate of drug-likeness (QED) is 0.909. The molecule has 5 nitrogen and oxygen atoms in total. The van der Waals surface area contributed by atoms with E-state index in [0.29, 0.717) is 6.04 Å². The van der Waals surface area contributed by atoms with Crippen LogP contribution in [0.3, 0.4) is 0 Å². The molecule has 2 aromatic rings. The van der Waals surface area contributed by atoms with E-state index in [1.807, 2.05) is 25.0 Å². The Morgan fingerprint density at radius 3 is 2.85 bits per heavy atom. The lowest BCUT2D eigenvalue weighted by molar-refractivity contribution is 0.459. The minimum Gasteiger partial charge on any atom is -0.313 e. The zero-order valence-corrected chi connectivity index (χ0v) is 12.3. The molecule has 1 aliphatic rings. The van der Waals surface area contributed by atoms with Gasteiger partial charge in [0.2, 0.25) is 0 Å². The molecule has 2 heterocycles. The molecule has 1 unspecified atom stereocenters. The Morgan fingerprint density at radius 2 is 2.20 bits per heavy atom. The van der Waals surface area contributed by atoms with Crippen LogP contribution in [-0.2, 0) is 13.5 Å². The molecule has 1 atom stereocenters. The van der Waals surface area contributed by atoms with Crippen LogP contribution in [0.4, 0.5) is 0 Å². The first-order valence-corrected chi connectivity index (χ1v) is 7.46. The largest absolute Gasteiger partial charge is 0.313 e. The number of nitrogens with zero attached hydrogens (tertiary/aromatic N) is 4. The Labute approximate surface area is 120 Å². The van der Waals surface area contributed by atoms with E-state index in [-0.39, 0.29) is 6.04 Å². The average molecular weight is 273 g/mol. The van der Waals surface area contributed by atoms with E-state index in [0.717, 1.165) is 12.1 Å². The van der Waals surface area contributed by atoms with E-state index in [1.54, 1.807) is 0 Å². The maximum Gasteiger partial charge on any atom is 0.0643 e. The molecule has 1 fully saturated rings. The Kier molecular flexibility index (Phi) is 3.87. The average Bonchev–Trinajstić information content (AvgIpc) is 3.16. The van der Waals surface area contributed by atoms with Gasteiger partial charge in [0.15, 0.2) is 0 Å². The summed E-state index contributed by atoms with van der Waals surface area (Å²) in [6.07, 6.45) is 12.3. The van der Waals surface area contributed by atoms with Gasteiger partial charge in [0.25, 0.3) is 0 Å². The summed E-state index contributed by atoms with van der Waals surface area (Å²) >= 11 is 0. The predicted octanol–water partition coefficient (Wildman–Crippen LogP) is 2.23. The van der Waals surface area contributed by atoms with Crippen LogP contribution >= 0.6 is 0 Å². The highest BCUT2D eigenvalue weighted by Gasteiger charge is 2.19. The number of aromatic nitrogens is 4. The number of hydrogen-bond donors (Lipinski definition) is 1. The molecule has 0 amide bonds. The van der Waals surface area contributed by atoms with Crippen LogP contribution in [0.25, 0.3) is 0 Å². The fourth-order valence-corrected chi connectivity index (χ4v) is 3.07. The molecule has 0 aliphatic heterocycles. The van der Waals surface area contributed by atoms with Gasteiger partial charge in [-0.3, -0.25) is 9.36 Å². The van der Waals surface area contributed by atoms with Gasteiger partial charge in [-0.1, -0.05) is 12.8 Å². The maximum absolute atomic E-state index is 4.76. The standard InChI is InChI=1S/C15H23N5/c1-16-15(12-10-17-19(2)11-12)9-13-7-8-20(18-13)14-5-3-4-6-14/h7-8,10-11,14-16H,3-6,9H2,1-2H3. The van der Waals surface area contributed by atoms with E-state index in [1.165, 1.54) is 31.2 Å². The molecule has 2 aromatic heterocycles. The topological polar surface area (TPSA) is 47.7 Å². The first-order valence-electron chi connectivity index (χ1n) is 7.46. The van der Waals surface area contributed by atoms with Crippen molar-refractivity contribution in [2.75, 3.05) is 7.05 Å². The number of hydrogen-bond acceptors (Lipinski definition) is 3. The summed E-state index contributed by atoms with van der Waals surface area (Å²) in [6.45, 7) is 0. The third-order valence-corrected chi connectivity index (χ3v) is 4.25. The SMILES string of the molecule is CNC(Cc1ccn(C2CCCC2)n1)c1cnn(C)c1. The highest BCUT2D eigenvalue weighted by molar-refractivity contribution is 5.14. The molecule has 0 spiro atoms. The summed E-state index contributed by atoms with van der Waals surface area (Å²) in [6, 6.07) is 3.05. The van der Waals surface area contributed by atoms with Crippen molar-refractivity contribution in [2.24, 2.45) is 7.05 Å². The van der Waals surface area contributed by atoms with E-state index in [2.05, 4.69) is 33.6 Å². The Bertz CT molecular complexity index is 550. The van der Waals surface area contributed by atoms with E-state index >= 15 is 0 Å². The lowest BCUT2D eigenvalue weighted by atomic mass is 10.1. The second-order valence-corrected chi connectivity index (χ2v) is 5.72. The summed E-state index contributed by atoms with van der Waals surface area (Å²) in [5.41, 5.74) is 2.37. The first-order chi connectivity index (χ1) is 9.76. The monoisotopic (exact) mass is 273 g/mol. The number of likely N-dealkylation sites (N-methyl/N-ethyl adjacent to an activating group) is 1. The van der Waals surface area contributed by atoms with Gasteiger partial charge in [-0.15, -0.1) is 0 Å². The molecule has 0 aromatic carbocycles. The summed E-state index contributed by atoms with van der Waals surface area (Å²) in [5.74, 6) is 0. The summed E-state index contributed by atoms with van der Waals surface area (Å²) in [4.78, 5) is 0. The lowest BCUT2D eigenvalue weighted by Gasteiger charge is -2.13. The minimum absolute atomic E-state index is 0.274. The third kappa shape index (κ3) is 2.77. The van der Waals surface area contributed by atoms with Crippen LogP contribution in [0.2, 0.25) is 0 Å². The van der Waals surface area contributed by atoms with Crippen molar-refractivity contribution in [1.82, 2.24) is 24.9 Å². The smallest absolute Gasteiger partial charge is 0.0643 e. The number of rotatable bonds is 5. The first kappa shape index (κ1) is 13.4. The van der Waals surface area contributed by atoms with E-state index < -0.39 is 0 Å². The van der Waals surface area contributed by atoms with Crippen LogP contribution in [0.15, 0.2) is 24.7 Å². The molecule has 1 saturated carbocycles. The van der Waals surface area contributed by atoms with Crippen LogP contribution in [0.1, 0.15) is 49.0 Å². The fraction of sp³-hybridized carbons (Fsp3) is 0.600. The lowest BCUT2D eigenvalue weighted by Crippen LogP contribution is -2.19. The van der Waals surface area contributed by atoms with Gasteiger partial charge in [0, 0.05) is 37.5 Å². The van der Waals surface area contributed by atoms with Crippen molar-refractivity contribution < 1.29 is 0 Å². The van der Waals surface area contributed by atoms with E-state index in [4.69, 9.17) is 5.10 Å². The normalized spacial score (nSPS) is 17.7. The second-order valence-electron chi connectivity index (χ2n) is 5.72. The molecule has 20 heavy (non-hydrogen) atoms. The number of aryl methyl sites for hydroxylation is 1. The van der Waals surface area contributed by atoms with Gasteiger partial charge in [0.1, 0.15) is 0 Å². The second kappa shape index (κ2) is 5.79. The predicted molar refractivity (Wildman–Crippen MR) is 78.4 cm³/mol. The van der Waals surface area contributed by atoms with Gasteiger partial charge >= 0.3 is 0 Å². The molecule has 0 radical (unpaired) electrons. The highest BCUT2D eigenvalue weighted by atomic mass is 15.3. The maximum atomic E-state index is 4.76. The summed E-state index contributed by atoms with van der Waals surface area (Å²) in [7, 11) is 3.94. The van der Waals surface area contributed by atoms with E-state index in [9.17, 15) is 0 Å². The number of nitrogens with one attached hydrogen (secondary N) is 1. The third-order valence-electron chi connectivity index (χ3n) is 4.25. The van der Waals surface area contributed by atoms with Crippen molar-refractivity contribution in [3.05, 3.63) is 35.9 Å². The van der Waals surface area contributed by atoms with Crippen LogP contribution < -0.4 is 5.32 Å². The Hall–Kier alpha value is -1.62. The van der Waals surface area contributed by atoms with Crippen LogP contribution in [0, 0.1) is 0 Å². The minimum atomic E-state index is 0.274. The molecule has 0 bridgehead atoms. The Balaban J connectivity index is 1.69. The van der Waals surface area contributed by atoms with Crippen molar-refractivity contribution in [3.8, 4) is 0 Å². The zero-order chi connectivity index (χ0) is 13.9. The molecular formula is C15H23N5. The summed E-state index contributed by atoms with van der Waals surface area (Å²) < 4.78 is 4.01. The van der Waals surface area contributed by atoms with Gasteiger partial charge in [-0.2, -0.15) is 10.2 Å². The van der Waals surface area contributed by atoms with Gasteiger partial charge in [0.05, 0.1) is 17.9 Å². The molecule has 1 N–H and O–H groups in total. The highest BCUT2D eigenvalue weighted by Crippen LogP contribution is 2.29.